The van der Waals surface area contributed by atoms with Crippen LogP contribution in [0.1, 0.15) is 18.4 Å². The van der Waals surface area contributed by atoms with Crippen LogP contribution in [0.15, 0.2) is 30.3 Å². The first kappa shape index (κ1) is 16.4. The summed E-state index contributed by atoms with van der Waals surface area (Å²) < 4.78 is 0. The molecule has 0 aliphatic carbocycles. The molecule has 2 N–H and O–H groups in total. The lowest BCUT2D eigenvalue weighted by molar-refractivity contribution is -0.125. The Bertz CT molecular complexity index is 487. The van der Waals surface area contributed by atoms with E-state index in [1.165, 1.54) is 5.56 Å². The fourth-order valence-corrected chi connectivity index (χ4v) is 3.52. The average Bonchev–Trinajstić information content (AvgIpc) is 3.05. The van der Waals surface area contributed by atoms with Gasteiger partial charge < -0.3 is 10.6 Å². The largest absolute Gasteiger partial charge is 0.353 e. The first-order chi connectivity index (χ1) is 11.3. The van der Waals surface area contributed by atoms with Crippen LogP contribution in [0.4, 0.5) is 0 Å². The lowest BCUT2D eigenvalue weighted by Gasteiger charge is -2.28. The van der Waals surface area contributed by atoms with E-state index in [0.29, 0.717) is 0 Å². The van der Waals surface area contributed by atoms with Crippen LogP contribution in [0.3, 0.4) is 0 Å². The standard InChI is InChI=1S/C18H28N4O/c23-18(20-10-14-21-12-8-19-9-13-21)17-7-4-11-22(17)15-16-5-2-1-3-6-16/h1-3,5-6,17,19H,4,7-15H2,(H,20,23). The summed E-state index contributed by atoms with van der Waals surface area (Å²) in [4.78, 5) is 17.2. The number of rotatable bonds is 6. The van der Waals surface area contributed by atoms with Crippen molar-refractivity contribution in [3.05, 3.63) is 35.9 Å². The monoisotopic (exact) mass is 316 g/mol. The van der Waals surface area contributed by atoms with E-state index in [-0.39, 0.29) is 11.9 Å². The van der Waals surface area contributed by atoms with Gasteiger partial charge in [-0.3, -0.25) is 14.6 Å². The Morgan fingerprint density at radius 3 is 2.74 bits per heavy atom. The molecule has 1 amide bonds. The number of amides is 1. The van der Waals surface area contributed by atoms with Crippen molar-refractivity contribution in [2.45, 2.75) is 25.4 Å². The zero-order valence-corrected chi connectivity index (χ0v) is 13.8. The molecule has 23 heavy (non-hydrogen) atoms. The molecule has 3 rings (SSSR count). The highest BCUT2D eigenvalue weighted by atomic mass is 16.2. The van der Waals surface area contributed by atoms with Gasteiger partial charge in [0.15, 0.2) is 0 Å². The minimum atomic E-state index is 0.0400. The number of hydrogen-bond donors (Lipinski definition) is 2. The summed E-state index contributed by atoms with van der Waals surface area (Å²) in [7, 11) is 0. The quantitative estimate of drug-likeness (QED) is 0.810. The zero-order valence-electron chi connectivity index (χ0n) is 13.8. The molecule has 0 radical (unpaired) electrons. The van der Waals surface area contributed by atoms with Gasteiger partial charge in [0.2, 0.25) is 5.91 Å². The molecule has 2 fully saturated rings. The molecule has 2 aliphatic heterocycles. The molecule has 2 heterocycles. The predicted octanol–water partition coefficient (Wildman–Crippen LogP) is 0.672. The zero-order chi connectivity index (χ0) is 15.9. The van der Waals surface area contributed by atoms with Crippen molar-refractivity contribution in [2.75, 3.05) is 45.8 Å². The van der Waals surface area contributed by atoms with Crippen LogP contribution in [-0.2, 0) is 11.3 Å². The van der Waals surface area contributed by atoms with Crippen LogP contribution >= 0.6 is 0 Å². The highest BCUT2D eigenvalue weighted by Crippen LogP contribution is 2.20. The smallest absolute Gasteiger partial charge is 0.237 e. The Balaban J connectivity index is 1.44. The number of carbonyl (C=O) groups excluding carboxylic acids is 1. The third kappa shape index (κ3) is 4.77. The lowest BCUT2D eigenvalue weighted by atomic mass is 10.1. The van der Waals surface area contributed by atoms with E-state index in [2.05, 4.69) is 44.7 Å². The molecule has 5 nitrogen and oxygen atoms in total. The van der Waals surface area contributed by atoms with Gasteiger partial charge in [-0.1, -0.05) is 30.3 Å². The number of nitrogens with zero attached hydrogens (tertiary/aromatic N) is 2. The van der Waals surface area contributed by atoms with Crippen molar-refractivity contribution in [2.24, 2.45) is 0 Å². The Kier molecular flexibility index (Phi) is 6.02. The Morgan fingerprint density at radius 1 is 1.17 bits per heavy atom. The van der Waals surface area contributed by atoms with Crippen LogP contribution in [0.5, 0.6) is 0 Å². The Morgan fingerprint density at radius 2 is 1.96 bits per heavy atom. The van der Waals surface area contributed by atoms with Crippen LogP contribution in [0.25, 0.3) is 0 Å². The first-order valence-electron chi connectivity index (χ1n) is 8.82. The third-order valence-corrected chi connectivity index (χ3v) is 4.83. The molecule has 1 aromatic rings. The van der Waals surface area contributed by atoms with Crippen LogP contribution in [0, 0.1) is 0 Å². The summed E-state index contributed by atoms with van der Waals surface area (Å²) in [6.45, 7) is 7.89. The molecule has 1 atom stereocenters. The maximum Gasteiger partial charge on any atom is 0.237 e. The number of benzene rings is 1. The maximum atomic E-state index is 12.5. The molecule has 126 valence electrons. The number of hydrogen-bond acceptors (Lipinski definition) is 4. The second-order valence-electron chi connectivity index (χ2n) is 6.50. The molecule has 0 saturated carbocycles. The van der Waals surface area contributed by atoms with E-state index in [0.717, 1.165) is 65.2 Å². The van der Waals surface area contributed by atoms with Crippen LogP contribution in [0.2, 0.25) is 0 Å². The number of likely N-dealkylation sites (tertiary alicyclic amines) is 1. The minimum absolute atomic E-state index is 0.0400. The first-order valence-corrected chi connectivity index (χ1v) is 8.82. The van der Waals surface area contributed by atoms with Gasteiger partial charge in [-0.2, -0.15) is 0 Å². The molecule has 5 heteroatoms. The third-order valence-electron chi connectivity index (χ3n) is 4.83. The number of carbonyl (C=O) groups is 1. The summed E-state index contributed by atoms with van der Waals surface area (Å²) in [6.07, 6.45) is 2.09. The molecule has 0 spiro atoms. The van der Waals surface area contributed by atoms with Gasteiger partial charge in [0.25, 0.3) is 0 Å². The summed E-state index contributed by atoms with van der Waals surface area (Å²) in [5.41, 5.74) is 1.29. The van der Waals surface area contributed by atoms with Gasteiger partial charge >= 0.3 is 0 Å². The van der Waals surface area contributed by atoms with E-state index >= 15 is 0 Å². The molecule has 1 aromatic carbocycles. The summed E-state index contributed by atoms with van der Waals surface area (Å²) in [5, 5.41) is 6.50. The Labute approximate surface area is 139 Å². The van der Waals surface area contributed by atoms with Gasteiger partial charge in [0.05, 0.1) is 6.04 Å². The molecular weight excluding hydrogens is 288 g/mol. The van der Waals surface area contributed by atoms with E-state index in [1.807, 2.05) is 6.07 Å². The van der Waals surface area contributed by atoms with Crippen molar-refractivity contribution in [3.63, 3.8) is 0 Å². The summed E-state index contributed by atoms with van der Waals surface area (Å²) in [6, 6.07) is 10.5. The van der Waals surface area contributed by atoms with Gasteiger partial charge in [-0.15, -0.1) is 0 Å². The van der Waals surface area contributed by atoms with E-state index in [4.69, 9.17) is 0 Å². The van der Waals surface area contributed by atoms with Crippen molar-refractivity contribution in [3.8, 4) is 0 Å². The molecule has 2 saturated heterocycles. The normalized spacial score (nSPS) is 23.0. The fourth-order valence-electron chi connectivity index (χ4n) is 3.52. The van der Waals surface area contributed by atoms with E-state index in [9.17, 15) is 4.79 Å². The van der Waals surface area contributed by atoms with Gasteiger partial charge in [-0.05, 0) is 24.9 Å². The second kappa shape index (κ2) is 8.43. The highest BCUT2D eigenvalue weighted by Gasteiger charge is 2.30. The average molecular weight is 316 g/mol. The summed E-state index contributed by atoms with van der Waals surface area (Å²) >= 11 is 0. The van der Waals surface area contributed by atoms with Crippen molar-refractivity contribution >= 4 is 5.91 Å². The van der Waals surface area contributed by atoms with E-state index < -0.39 is 0 Å². The fraction of sp³-hybridized carbons (Fsp3) is 0.611. The number of nitrogens with one attached hydrogen (secondary N) is 2. The van der Waals surface area contributed by atoms with E-state index in [1.54, 1.807) is 0 Å². The van der Waals surface area contributed by atoms with Crippen molar-refractivity contribution < 1.29 is 4.79 Å². The van der Waals surface area contributed by atoms with Gasteiger partial charge in [0.1, 0.15) is 0 Å². The predicted molar refractivity (Wildman–Crippen MR) is 92.2 cm³/mol. The van der Waals surface area contributed by atoms with Gasteiger partial charge in [0, 0.05) is 45.8 Å². The summed E-state index contributed by atoms with van der Waals surface area (Å²) in [5.74, 6) is 0.202. The molecule has 0 aromatic heterocycles. The number of piperazine rings is 1. The van der Waals surface area contributed by atoms with Crippen molar-refractivity contribution in [1.82, 2.24) is 20.4 Å². The molecular formula is C18H28N4O. The Hall–Kier alpha value is -1.43. The molecule has 1 unspecified atom stereocenters. The SMILES string of the molecule is O=C(NCCN1CCNCC1)C1CCCN1Cc1ccccc1. The van der Waals surface area contributed by atoms with Crippen molar-refractivity contribution in [1.29, 1.82) is 0 Å². The molecule has 2 aliphatic rings. The molecule has 0 bridgehead atoms. The second-order valence-corrected chi connectivity index (χ2v) is 6.50. The minimum Gasteiger partial charge on any atom is -0.353 e. The van der Waals surface area contributed by atoms with Crippen LogP contribution in [-0.4, -0.2) is 67.6 Å². The maximum absolute atomic E-state index is 12.5. The highest BCUT2D eigenvalue weighted by molar-refractivity contribution is 5.82. The van der Waals surface area contributed by atoms with Gasteiger partial charge in [-0.25, -0.2) is 0 Å². The topological polar surface area (TPSA) is 47.6 Å². The van der Waals surface area contributed by atoms with Crippen LogP contribution < -0.4 is 10.6 Å². The lowest BCUT2D eigenvalue weighted by Crippen LogP contribution is -2.48.